The maximum Gasteiger partial charge on any atom is 0.407 e. The van der Waals surface area contributed by atoms with Gasteiger partial charge >= 0.3 is 6.09 Å². The molecule has 2 rings (SSSR count). The largest absolute Gasteiger partial charge is 0.444 e. The first kappa shape index (κ1) is 17.8. The number of para-hydroxylation sites is 1. The van der Waals surface area contributed by atoms with Crippen LogP contribution in [-0.2, 0) is 4.74 Å². The average molecular weight is 331 g/mol. The van der Waals surface area contributed by atoms with Gasteiger partial charge in [0.1, 0.15) is 5.60 Å². The van der Waals surface area contributed by atoms with Crippen LogP contribution in [-0.4, -0.2) is 35.7 Å². The van der Waals surface area contributed by atoms with E-state index in [9.17, 15) is 9.59 Å². The molecule has 1 aromatic carbocycles. The quantitative estimate of drug-likeness (QED) is 0.736. The number of H-pyrrole nitrogens is 1. The molecule has 0 fully saturated rings. The van der Waals surface area contributed by atoms with Crippen LogP contribution >= 0.6 is 0 Å². The van der Waals surface area contributed by atoms with Crippen molar-refractivity contribution in [1.29, 1.82) is 0 Å². The number of alkyl carbamates (subject to hydrolysis) is 1. The van der Waals surface area contributed by atoms with Crippen molar-refractivity contribution in [3.05, 3.63) is 35.5 Å². The Hall–Kier alpha value is -2.50. The molecule has 0 aliphatic rings. The second-order valence-electron chi connectivity index (χ2n) is 6.71. The predicted molar refractivity (Wildman–Crippen MR) is 94.2 cm³/mol. The highest BCUT2D eigenvalue weighted by Gasteiger charge is 2.16. The Balaban J connectivity index is 1.79. The lowest BCUT2D eigenvalue weighted by Gasteiger charge is -2.19. The van der Waals surface area contributed by atoms with Crippen LogP contribution < -0.4 is 10.6 Å². The van der Waals surface area contributed by atoms with E-state index in [1.165, 1.54) is 0 Å². The van der Waals surface area contributed by atoms with Crippen LogP contribution in [0.2, 0.25) is 0 Å². The van der Waals surface area contributed by atoms with Gasteiger partial charge in [0.15, 0.2) is 0 Å². The number of hydrogen-bond donors (Lipinski definition) is 3. The molecule has 0 saturated heterocycles. The van der Waals surface area contributed by atoms with Crippen LogP contribution in [0.1, 0.15) is 43.2 Å². The molecule has 0 unspecified atom stereocenters. The van der Waals surface area contributed by atoms with Gasteiger partial charge in [-0.25, -0.2) is 4.79 Å². The highest BCUT2D eigenvalue weighted by Crippen LogP contribution is 2.21. The number of aryl methyl sites for hydroxylation is 1. The Morgan fingerprint density at radius 1 is 1.12 bits per heavy atom. The van der Waals surface area contributed by atoms with E-state index < -0.39 is 11.7 Å². The highest BCUT2D eigenvalue weighted by molar-refractivity contribution is 6.08. The number of ether oxygens (including phenoxy) is 1. The summed E-state index contributed by atoms with van der Waals surface area (Å²) in [5.74, 6) is -0.109. The van der Waals surface area contributed by atoms with Crippen molar-refractivity contribution < 1.29 is 14.3 Å². The van der Waals surface area contributed by atoms with Gasteiger partial charge in [-0.05, 0) is 40.2 Å². The number of aromatic amines is 1. The second-order valence-corrected chi connectivity index (χ2v) is 6.71. The molecule has 0 bridgehead atoms. The van der Waals surface area contributed by atoms with Gasteiger partial charge in [0, 0.05) is 29.7 Å². The molecule has 24 heavy (non-hydrogen) atoms. The van der Waals surface area contributed by atoms with Crippen molar-refractivity contribution >= 4 is 22.9 Å². The summed E-state index contributed by atoms with van der Waals surface area (Å²) in [6.45, 7) is 8.26. The van der Waals surface area contributed by atoms with Gasteiger partial charge in [0.2, 0.25) is 0 Å². The van der Waals surface area contributed by atoms with E-state index in [0.29, 0.717) is 25.1 Å². The van der Waals surface area contributed by atoms with E-state index in [4.69, 9.17) is 4.74 Å². The fourth-order valence-electron chi connectivity index (χ4n) is 2.45. The van der Waals surface area contributed by atoms with Crippen molar-refractivity contribution in [2.24, 2.45) is 0 Å². The molecule has 0 saturated carbocycles. The Morgan fingerprint density at radius 2 is 1.79 bits per heavy atom. The van der Waals surface area contributed by atoms with Gasteiger partial charge in [0.05, 0.1) is 5.56 Å². The van der Waals surface area contributed by atoms with Gasteiger partial charge in [-0.3, -0.25) is 4.79 Å². The maximum atomic E-state index is 12.4. The van der Waals surface area contributed by atoms with Crippen LogP contribution in [0.4, 0.5) is 4.79 Å². The minimum Gasteiger partial charge on any atom is -0.444 e. The molecule has 1 aromatic heterocycles. The van der Waals surface area contributed by atoms with Crippen LogP contribution in [0.3, 0.4) is 0 Å². The van der Waals surface area contributed by atoms with Gasteiger partial charge in [-0.15, -0.1) is 0 Å². The topological polar surface area (TPSA) is 83.2 Å². The summed E-state index contributed by atoms with van der Waals surface area (Å²) in [6.07, 6.45) is 0.188. The Bertz CT molecular complexity index is 729. The smallest absolute Gasteiger partial charge is 0.407 e. The standard InChI is InChI=1S/C18H25N3O3/c1-12-15(13-8-5-6-9-14(13)21-12)16(22)19-10-7-11-20-17(23)24-18(2,3)4/h5-6,8-9,21H,7,10-11H2,1-4H3,(H,19,22)(H,20,23). The lowest BCUT2D eigenvalue weighted by atomic mass is 10.1. The first-order valence-electron chi connectivity index (χ1n) is 8.10. The second kappa shape index (κ2) is 7.38. The number of hydrogen-bond acceptors (Lipinski definition) is 3. The number of fused-ring (bicyclic) bond motifs is 1. The summed E-state index contributed by atoms with van der Waals surface area (Å²) in [7, 11) is 0. The number of nitrogens with one attached hydrogen (secondary N) is 3. The molecule has 3 N–H and O–H groups in total. The minimum atomic E-state index is -0.509. The molecule has 0 aliphatic heterocycles. The zero-order chi connectivity index (χ0) is 17.7. The Kier molecular flexibility index (Phi) is 5.49. The normalized spacial score (nSPS) is 11.3. The average Bonchev–Trinajstić information content (AvgIpc) is 2.80. The van der Waals surface area contributed by atoms with E-state index in [1.807, 2.05) is 52.0 Å². The van der Waals surface area contributed by atoms with E-state index in [-0.39, 0.29) is 5.91 Å². The molecule has 2 amide bonds. The summed E-state index contributed by atoms with van der Waals surface area (Å²) in [4.78, 5) is 27.1. The van der Waals surface area contributed by atoms with Gasteiger partial charge < -0.3 is 20.4 Å². The lowest BCUT2D eigenvalue weighted by molar-refractivity contribution is 0.0527. The highest BCUT2D eigenvalue weighted by atomic mass is 16.6. The summed E-state index contributed by atoms with van der Waals surface area (Å²) in [5, 5.41) is 6.48. The van der Waals surface area contributed by atoms with Crippen LogP contribution in [0, 0.1) is 6.92 Å². The van der Waals surface area contributed by atoms with Crippen LogP contribution in [0.5, 0.6) is 0 Å². The molecule has 2 aromatic rings. The predicted octanol–water partition coefficient (Wildman–Crippen LogP) is 3.12. The first-order valence-corrected chi connectivity index (χ1v) is 8.10. The molecule has 6 heteroatoms. The van der Waals surface area contributed by atoms with E-state index in [0.717, 1.165) is 16.6 Å². The summed E-state index contributed by atoms with van der Waals surface area (Å²) in [6, 6.07) is 7.72. The summed E-state index contributed by atoms with van der Waals surface area (Å²) < 4.78 is 5.15. The third kappa shape index (κ3) is 4.75. The fourth-order valence-corrected chi connectivity index (χ4v) is 2.45. The molecule has 130 valence electrons. The third-order valence-electron chi connectivity index (χ3n) is 3.43. The van der Waals surface area contributed by atoms with Crippen LogP contribution in [0.25, 0.3) is 10.9 Å². The van der Waals surface area contributed by atoms with Crippen molar-refractivity contribution in [2.45, 2.75) is 39.7 Å². The van der Waals surface area contributed by atoms with Gasteiger partial charge in [0.25, 0.3) is 5.91 Å². The van der Waals surface area contributed by atoms with Crippen LogP contribution in [0.15, 0.2) is 24.3 Å². The monoisotopic (exact) mass is 331 g/mol. The van der Waals surface area contributed by atoms with E-state index >= 15 is 0 Å². The van der Waals surface area contributed by atoms with Crippen molar-refractivity contribution in [2.75, 3.05) is 13.1 Å². The molecule has 0 spiro atoms. The zero-order valence-electron chi connectivity index (χ0n) is 14.7. The van der Waals surface area contributed by atoms with Gasteiger partial charge in [-0.2, -0.15) is 0 Å². The first-order chi connectivity index (χ1) is 11.3. The fraction of sp³-hybridized carbons (Fsp3) is 0.444. The molecule has 0 atom stereocenters. The third-order valence-corrected chi connectivity index (χ3v) is 3.43. The van der Waals surface area contributed by atoms with E-state index in [1.54, 1.807) is 0 Å². The van der Waals surface area contributed by atoms with E-state index in [2.05, 4.69) is 15.6 Å². The SMILES string of the molecule is Cc1[nH]c2ccccc2c1C(=O)NCCCNC(=O)OC(C)(C)C. The molecule has 1 heterocycles. The summed E-state index contributed by atoms with van der Waals surface area (Å²) >= 11 is 0. The molecule has 0 radical (unpaired) electrons. The molecular formula is C18H25N3O3. The summed E-state index contributed by atoms with van der Waals surface area (Å²) in [5.41, 5.74) is 1.96. The number of aromatic nitrogens is 1. The number of rotatable bonds is 5. The van der Waals surface area contributed by atoms with Crippen molar-refractivity contribution in [1.82, 2.24) is 15.6 Å². The zero-order valence-corrected chi connectivity index (χ0v) is 14.7. The number of carbonyl (C=O) groups excluding carboxylic acids is 2. The Morgan fingerprint density at radius 3 is 2.50 bits per heavy atom. The number of carbonyl (C=O) groups is 2. The number of benzene rings is 1. The molecular weight excluding hydrogens is 306 g/mol. The lowest BCUT2D eigenvalue weighted by Crippen LogP contribution is -2.34. The molecule has 6 nitrogen and oxygen atoms in total. The van der Waals surface area contributed by atoms with Gasteiger partial charge in [-0.1, -0.05) is 18.2 Å². The Labute approximate surface area is 142 Å². The minimum absolute atomic E-state index is 0.109. The molecule has 0 aliphatic carbocycles. The maximum absolute atomic E-state index is 12.4. The van der Waals surface area contributed by atoms with Crippen molar-refractivity contribution in [3.8, 4) is 0 Å². The number of amides is 2. The van der Waals surface area contributed by atoms with Crippen molar-refractivity contribution in [3.63, 3.8) is 0 Å².